The van der Waals surface area contributed by atoms with Crippen LogP contribution in [-0.4, -0.2) is 42.1 Å². The van der Waals surface area contributed by atoms with E-state index in [4.69, 9.17) is 10.8 Å². The molecular formula is C19H22F2N4O. The number of hydrogen-bond acceptors (Lipinski definition) is 3. The Morgan fingerprint density at radius 3 is 2.38 bits per heavy atom. The molecule has 0 atom stereocenters. The third-order valence-electron chi connectivity index (χ3n) is 4.50. The zero-order valence-electron chi connectivity index (χ0n) is 14.4. The minimum absolute atomic E-state index is 0.242. The molecule has 0 unspecified atom stereocenters. The van der Waals surface area contributed by atoms with Gasteiger partial charge in [-0.1, -0.05) is 6.07 Å². The lowest BCUT2D eigenvalue weighted by Gasteiger charge is -2.36. The molecule has 0 radical (unpaired) electrons. The van der Waals surface area contributed by atoms with Gasteiger partial charge in [0.05, 0.1) is 13.2 Å². The molecule has 0 bridgehead atoms. The van der Waals surface area contributed by atoms with Crippen molar-refractivity contribution >= 4 is 11.6 Å². The maximum Gasteiger partial charge on any atom is 0.191 e. The lowest BCUT2D eigenvalue weighted by atomic mass is 10.1. The summed E-state index contributed by atoms with van der Waals surface area (Å²) in [6, 6.07) is 11.0. The van der Waals surface area contributed by atoms with E-state index in [1.165, 1.54) is 18.2 Å². The van der Waals surface area contributed by atoms with Crippen molar-refractivity contribution in [2.45, 2.75) is 13.2 Å². The van der Waals surface area contributed by atoms with Crippen molar-refractivity contribution in [3.8, 4) is 0 Å². The summed E-state index contributed by atoms with van der Waals surface area (Å²) >= 11 is 0. The number of halogens is 2. The number of aliphatic imine (C=N–C) groups is 1. The minimum Gasteiger partial charge on any atom is -0.392 e. The summed E-state index contributed by atoms with van der Waals surface area (Å²) in [5.74, 6) is -0.224. The molecule has 26 heavy (non-hydrogen) atoms. The van der Waals surface area contributed by atoms with Gasteiger partial charge in [0.1, 0.15) is 11.6 Å². The van der Waals surface area contributed by atoms with E-state index in [9.17, 15) is 8.78 Å². The molecule has 5 nitrogen and oxygen atoms in total. The Balaban J connectivity index is 1.56. The number of nitrogens with zero attached hydrogens (tertiary/aromatic N) is 3. The summed E-state index contributed by atoms with van der Waals surface area (Å²) in [5, 5.41) is 9.12. The Labute approximate surface area is 151 Å². The van der Waals surface area contributed by atoms with Crippen LogP contribution in [0.25, 0.3) is 0 Å². The predicted octanol–water partition coefficient (Wildman–Crippen LogP) is 2.09. The Morgan fingerprint density at radius 1 is 1.04 bits per heavy atom. The number of rotatable bonds is 4. The molecule has 3 rings (SSSR count). The summed E-state index contributed by atoms with van der Waals surface area (Å²) < 4.78 is 26.4. The first-order chi connectivity index (χ1) is 12.6. The quantitative estimate of drug-likeness (QED) is 0.647. The van der Waals surface area contributed by atoms with Crippen LogP contribution in [-0.2, 0) is 13.2 Å². The molecule has 1 fully saturated rings. The Morgan fingerprint density at radius 2 is 1.73 bits per heavy atom. The second-order valence-electron chi connectivity index (χ2n) is 6.21. The summed E-state index contributed by atoms with van der Waals surface area (Å²) in [6.45, 7) is 2.97. The molecule has 1 heterocycles. The molecule has 7 heteroatoms. The number of hydrogen-bond donors (Lipinski definition) is 2. The van der Waals surface area contributed by atoms with E-state index in [0.717, 1.165) is 37.4 Å². The van der Waals surface area contributed by atoms with Crippen molar-refractivity contribution in [1.29, 1.82) is 0 Å². The van der Waals surface area contributed by atoms with Gasteiger partial charge in [0.15, 0.2) is 5.96 Å². The highest BCUT2D eigenvalue weighted by atomic mass is 19.1. The molecule has 0 spiro atoms. The number of aliphatic hydroxyl groups excluding tert-OH is 1. The van der Waals surface area contributed by atoms with Crippen molar-refractivity contribution in [1.82, 2.24) is 4.90 Å². The van der Waals surface area contributed by atoms with Crippen molar-refractivity contribution in [2.75, 3.05) is 31.1 Å². The lowest BCUT2D eigenvalue weighted by Crippen LogP contribution is -2.51. The zero-order valence-corrected chi connectivity index (χ0v) is 14.4. The lowest BCUT2D eigenvalue weighted by molar-refractivity contribution is 0.275. The Bertz CT molecular complexity index is 772. The number of guanidine groups is 1. The zero-order chi connectivity index (χ0) is 18.5. The highest BCUT2D eigenvalue weighted by Crippen LogP contribution is 2.17. The number of benzene rings is 2. The van der Waals surface area contributed by atoms with E-state index in [2.05, 4.69) is 9.89 Å². The smallest absolute Gasteiger partial charge is 0.191 e. The number of nitrogens with two attached hydrogens (primary N) is 1. The third kappa shape index (κ3) is 4.29. The fraction of sp³-hybridized carbons (Fsp3) is 0.316. The van der Waals surface area contributed by atoms with E-state index in [1.807, 2.05) is 4.90 Å². The maximum atomic E-state index is 13.4. The minimum atomic E-state index is -0.426. The highest BCUT2D eigenvalue weighted by molar-refractivity contribution is 5.78. The molecule has 0 aromatic heterocycles. The third-order valence-corrected chi connectivity index (χ3v) is 4.50. The van der Waals surface area contributed by atoms with Crippen LogP contribution in [0.2, 0.25) is 0 Å². The first kappa shape index (κ1) is 18.1. The van der Waals surface area contributed by atoms with Gasteiger partial charge in [-0.15, -0.1) is 0 Å². The molecule has 2 aromatic rings. The van der Waals surface area contributed by atoms with Crippen LogP contribution >= 0.6 is 0 Å². The SMILES string of the molecule is NC(=NCc1ccc(F)c(CO)c1)N1CCN(c2ccc(F)cc2)CC1. The molecule has 0 amide bonds. The van der Waals surface area contributed by atoms with Crippen LogP contribution in [0, 0.1) is 11.6 Å². The number of piperazine rings is 1. The number of aliphatic hydroxyl groups is 1. The highest BCUT2D eigenvalue weighted by Gasteiger charge is 2.18. The largest absolute Gasteiger partial charge is 0.392 e. The molecule has 3 N–H and O–H groups in total. The molecule has 2 aromatic carbocycles. The second kappa shape index (κ2) is 8.14. The van der Waals surface area contributed by atoms with Gasteiger partial charge in [-0.05, 0) is 42.0 Å². The predicted molar refractivity (Wildman–Crippen MR) is 97.8 cm³/mol. The van der Waals surface area contributed by atoms with Gasteiger partial charge in [0.25, 0.3) is 0 Å². The molecule has 1 saturated heterocycles. The van der Waals surface area contributed by atoms with Gasteiger partial charge in [0, 0.05) is 37.4 Å². The van der Waals surface area contributed by atoms with Crippen LogP contribution < -0.4 is 10.6 Å². The monoisotopic (exact) mass is 360 g/mol. The average Bonchev–Trinajstić information content (AvgIpc) is 2.68. The molecule has 138 valence electrons. The molecule has 0 aliphatic carbocycles. The first-order valence-electron chi connectivity index (χ1n) is 8.50. The van der Waals surface area contributed by atoms with Gasteiger partial charge in [-0.25, -0.2) is 13.8 Å². The average molecular weight is 360 g/mol. The molecular weight excluding hydrogens is 338 g/mol. The van der Waals surface area contributed by atoms with E-state index >= 15 is 0 Å². The van der Waals surface area contributed by atoms with Crippen LogP contribution in [0.5, 0.6) is 0 Å². The second-order valence-corrected chi connectivity index (χ2v) is 6.21. The molecule has 1 aliphatic heterocycles. The summed E-state index contributed by atoms with van der Waals surface area (Å²) in [7, 11) is 0. The van der Waals surface area contributed by atoms with E-state index in [-0.39, 0.29) is 18.0 Å². The van der Waals surface area contributed by atoms with Crippen LogP contribution in [0.1, 0.15) is 11.1 Å². The summed E-state index contributed by atoms with van der Waals surface area (Å²) in [4.78, 5) is 8.55. The standard InChI is InChI=1S/C19H22F2N4O/c20-16-2-4-17(5-3-16)24-7-9-25(10-8-24)19(22)23-12-14-1-6-18(21)15(11-14)13-26/h1-6,11,26H,7-10,12-13H2,(H2,22,23). The Kier molecular flexibility index (Phi) is 5.68. The van der Waals surface area contributed by atoms with Crippen LogP contribution in [0.4, 0.5) is 14.5 Å². The van der Waals surface area contributed by atoms with Gasteiger partial charge >= 0.3 is 0 Å². The van der Waals surface area contributed by atoms with Crippen molar-refractivity contribution in [3.05, 3.63) is 65.2 Å². The molecule has 1 aliphatic rings. The van der Waals surface area contributed by atoms with Gasteiger partial charge < -0.3 is 20.6 Å². The topological polar surface area (TPSA) is 65.1 Å². The maximum absolute atomic E-state index is 13.4. The van der Waals surface area contributed by atoms with Gasteiger partial charge in [-0.2, -0.15) is 0 Å². The van der Waals surface area contributed by atoms with Gasteiger partial charge in [-0.3, -0.25) is 0 Å². The fourth-order valence-electron chi connectivity index (χ4n) is 2.97. The van der Waals surface area contributed by atoms with Crippen molar-refractivity contribution < 1.29 is 13.9 Å². The van der Waals surface area contributed by atoms with Crippen molar-refractivity contribution in [3.63, 3.8) is 0 Å². The van der Waals surface area contributed by atoms with E-state index < -0.39 is 5.82 Å². The van der Waals surface area contributed by atoms with Gasteiger partial charge in [0.2, 0.25) is 0 Å². The molecule has 0 saturated carbocycles. The Hall–Kier alpha value is -2.67. The number of anilines is 1. The normalized spacial score (nSPS) is 15.4. The van der Waals surface area contributed by atoms with E-state index in [0.29, 0.717) is 12.5 Å². The summed E-state index contributed by atoms with van der Waals surface area (Å²) in [5.41, 5.74) is 8.12. The summed E-state index contributed by atoms with van der Waals surface area (Å²) in [6.07, 6.45) is 0. The van der Waals surface area contributed by atoms with Crippen LogP contribution in [0.3, 0.4) is 0 Å². The first-order valence-corrected chi connectivity index (χ1v) is 8.50. The van der Waals surface area contributed by atoms with E-state index in [1.54, 1.807) is 24.3 Å². The van der Waals surface area contributed by atoms with Crippen molar-refractivity contribution in [2.24, 2.45) is 10.7 Å². The van der Waals surface area contributed by atoms with Crippen LogP contribution in [0.15, 0.2) is 47.5 Å². The fourth-order valence-corrected chi connectivity index (χ4v) is 2.97.